The minimum absolute atomic E-state index is 0.698. The van der Waals surface area contributed by atoms with Crippen molar-refractivity contribution in [3.63, 3.8) is 0 Å². The van der Waals surface area contributed by atoms with E-state index in [9.17, 15) is 0 Å². The largest absolute Gasteiger partial charge is 0.497 e. The van der Waals surface area contributed by atoms with Gasteiger partial charge < -0.3 is 18.9 Å². The number of nitrogens with zero attached hydrogens (tertiary/aromatic N) is 4. The second kappa shape index (κ2) is 11.3. The Morgan fingerprint density at radius 1 is 1.00 bits per heavy atom. The number of hydrogen-bond acceptors (Lipinski definition) is 5. The molecule has 6 heteroatoms. The summed E-state index contributed by atoms with van der Waals surface area (Å²) in [5.41, 5.74) is 2.49. The van der Waals surface area contributed by atoms with Crippen LogP contribution in [-0.2, 0) is 13.0 Å². The number of rotatable bonds is 10. The Bertz CT molecular complexity index is 984. The first-order valence-electron chi connectivity index (χ1n) is 11.8. The van der Waals surface area contributed by atoms with Crippen molar-refractivity contribution in [1.29, 1.82) is 0 Å². The molecule has 0 saturated carbocycles. The number of likely N-dealkylation sites (tertiary alicyclic amines) is 1. The van der Waals surface area contributed by atoms with Crippen molar-refractivity contribution in [3.05, 3.63) is 72.3 Å². The maximum atomic E-state index is 5.28. The lowest BCUT2D eigenvalue weighted by molar-refractivity contribution is 0.141. The lowest BCUT2D eigenvalue weighted by Gasteiger charge is -2.34. The highest BCUT2D eigenvalue weighted by Gasteiger charge is 2.21. The Morgan fingerprint density at radius 3 is 2.39 bits per heavy atom. The van der Waals surface area contributed by atoms with Gasteiger partial charge in [0.25, 0.3) is 0 Å². The van der Waals surface area contributed by atoms with E-state index in [1.165, 1.54) is 31.5 Å². The molecule has 0 aliphatic carbocycles. The van der Waals surface area contributed by atoms with Crippen molar-refractivity contribution < 1.29 is 9.47 Å². The first-order valence-corrected chi connectivity index (χ1v) is 11.8. The normalized spacial score (nSPS) is 16.8. The van der Waals surface area contributed by atoms with Gasteiger partial charge in [0, 0.05) is 37.7 Å². The van der Waals surface area contributed by atoms with Gasteiger partial charge in [0.1, 0.15) is 17.3 Å². The van der Waals surface area contributed by atoms with E-state index in [2.05, 4.69) is 62.8 Å². The molecule has 0 radical (unpaired) electrons. The first-order chi connectivity index (χ1) is 16.1. The third-order valence-electron chi connectivity index (χ3n) is 6.53. The number of imidazole rings is 1. The quantitative estimate of drug-likeness (QED) is 0.463. The van der Waals surface area contributed by atoms with Crippen LogP contribution in [0.3, 0.4) is 0 Å². The molecule has 33 heavy (non-hydrogen) atoms. The van der Waals surface area contributed by atoms with Crippen LogP contribution in [0.25, 0.3) is 5.69 Å². The molecular formula is C27H36N4O2. The molecule has 1 aliphatic rings. The summed E-state index contributed by atoms with van der Waals surface area (Å²) in [6.07, 6.45) is 7.59. The first kappa shape index (κ1) is 23.3. The summed E-state index contributed by atoms with van der Waals surface area (Å²) in [6.45, 7) is 5.43. The van der Waals surface area contributed by atoms with E-state index in [-0.39, 0.29) is 0 Å². The van der Waals surface area contributed by atoms with E-state index < -0.39 is 0 Å². The van der Waals surface area contributed by atoms with Gasteiger partial charge in [0.2, 0.25) is 0 Å². The third-order valence-corrected chi connectivity index (χ3v) is 6.53. The molecule has 1 unspecified atom stereocenters. The fourth-order valence-electron chi connectivity index (χ4n) is 4.76. The smallest absolute Gasteiger partial charge is 0.127 e. The van der Waals surface area contributed by atoms with Gasteiger partial charge in [-0.1, -0.05) is 12.1 Å². The molecule has 0 bridgehead atoms. The van der Waals surface area contributed by atoms with Crippen LogP contribution in [0.4, 0.5) is 0 Å². The molecule has 1 fully saturated rings. The topological polar surface area (TPSA) is 42.8 Å². The summed E-state index contributed by atoms with van der Waals surface area (Å²) in [5.74, 6) is 3.55. The molecule has 0 amide bonds. The zero-order chi connectivity index (χ0) is 23.0. The highest BCUT2D eigenvalue weighted by atomic mass is 16.5. The van der Waals surface area contributed by atoms with Crippen molar-refractivity contribution in [2.24, 2.45) is 5.92 Å². The van der Waals surface area contributed by atoms with Gasteiger partial charge in [-0.2, -0.15) is 0 Å². The zero-order valence-corrected chi connectivity index (χ0v) is 20.1. The standard InChI is InChI=1S/C27H36N4O2/c1-29(21-27-28-15-18-31(27)24-8-12-26(33-3)13-9-24)19-23-5-4-16-30(20-23)17-14-22-6-10-25(32-2)11-7-22/h6-13,15,18,23H,4-5,14,16-17,19-21H2,1-3H3. The predicted octanol–water partition coefficient (Wildman–Crippen LogP) is 4.28. The summed E-state index contributed by atoms with van der Waals surface area (Å²) in [6, 6.07) is 16.6. The molecule has 176 valence electrons. The second-order valence-electron chi connectivity index (χ2n) is 9.02. The Labute approximate surface area is 197 Å². The Balaban J connectivity index is 1.28. The summed E-state index contributed by atoms with van der Waals surface area (Å²) < 4.78 is 12.7. The fraction of sp³-hybridized carbons (Fsp3) is 0.444. The van der Waals surface area contributed by atoms with Crippen LogP contribution in [0.2, 0.25) is 0 Å². The number of aromatic nitrogens is 2. The van der Waals surface area contributed by atoms with Crippen molar-refractivity contribution >= 4 is 0 Å². The number of piperidine rings is 1. The minimum Gasteiger partial charge on any atom is -0.497 e. The third kappa shape index (κ3) is 6.36. The molecule has 3 aromatic rings. The van der Waals surface area contributed by atoms with Gasteiger partial charge in [-0.25, -0.2) is 4.98 Å². The van der Waals surface area contributed by atoms with Gasteiger partial charge in [-0.15, -0.1) is 0 Å². The molecular weight excluding hydrogens is 412 g/mol. The highest BCUT2D eigenvalue weighted by molar-refractivity contribution is 5.38. The maximum Gasteiger partial charge on any atom is 0.127 e. The van der Waals surface area contributed by atoms with E-state index in [0.29, 0.717) is 5.92 Å². The van der Waals surface area contributed by atoms with Gasteiger partial charge in [0.15, 0.2) is 0 Å². The van der Waals surface area contributed by atoms with Crippen LogP contribution >= 0.6 is 0 Å². The van der Waals surface area contributed by atoms with Gasteiger partial charge in [-0.05, 0) is 80.7 Å². The molecule has 6 nitrogen and oxygen atoms in total. The maximum absolute atomic E-state index is 5.28. The molecule has 0 N–H and O–H groups in total. The summed E-state index contributed by atoms with van der Waals surface area (Å²) >= 11 is 0. The molecule has 4 rings (SSSR count). The van der Waals surface area contributed by atoms with E-state index in [1.807, 2.05) is 24.5 Å². The highest BCUT2D eigenvalue weighted by Crippen LogP contribution is 2.20. The second-order valence-corrected chi connectivity index (χ2v) is 9.02. The van der Waals surface area contributed by atoms with Crippen LogP contribution in [-0.4, -0.2) is 66.8 Å². The van der Waals surface area contributed by atoms with Crippen LogP contribution in [0.5, 0.6) is 11.5 Å². The van der Waals surface area contributed by atoms with Crippen LogP contribution in [0.15, 0.2) is 60.9 Å². The number of hydrogen-bond donors (Lipinski definition) is 0. The SMILES string of the molecule is COc1ccc(CCN2CCCC(CN(C)Cc3nccn3-c3ccc(OC)cc3)C2)cc1. The van der Waals surface area contributed by atoms with Crippen molar-refractivity contribution in [3.8, 4) is 17.2 Å². The minimum atomic E-state index is 0.698. The predicted molar refractivity (Wildman–Crippen MR) is 132 cm³/mol. The number of benzene rings is 2. The zero-order valence-electron chi connectivity index (χ0n) is 20.1. The Kier molecular flexibility index (Phi) is 8.02. The lowest BCUT2D eigenvalue weighted by Crippen LogP contribution is -2.41. The summed E-state index contributed by atoms with van der Waals surface area (Å²) in [5, 5.41) is 0. The molecule has 1 aromatic heterocycles. The average Bonchev–Trinajstić information content (AvgIpc) is 3.31. The molecule has 1 atom stereocenters. The molecule has 2 heterocycles. The Morgan fingerprint density at radius 2 is 1.70 bits per heavy atom. The average molecular weight is 449 g/mol. The van der Waals surface area contributed by atoms with E-state index in [4.69, 9.17) is 9.47 Å². The van der Waals surface area contributed by atoms with Gasteiger partial charge >= 0.3 is 0 Å². The van der Waals surface area contributed by atoms with E-state index >= 15 is 0 Å². The van der Waals surface area contributed by atoms with Crippen molar-refractivity contribution in [2.75, 3.05) is 47.4 Å². The molecule has 0 spiro atoms. The number of methoxy groups -OCH3 is 2. The lowest BCUT2D eigenvalue weighted by atomic mass is 9.97. The van der Waals surface area contributed by atoms with E-state index in [1.54, 1.807) is 14.2 Å². The van der Waals surface area contributed by atoms with Crippen molar-refractivity contribution in [1.82, 2.24) is 19.4 Å². The van der Waals surface area contributed by atoms with E-state index in [0.717, 1.165) is 49.1 Å². The van der Waals surface area contributed by atoms with Crippen LogP contribution in [0.1, 0.15) is 24.2 Å². The Hall–Kier alpha value is -2.83. The fourth-order valence-corrected chi connectivity index (χ4v) is 4.76. The number of ether oxygens (including phenoxy) is 2. The van der Waals surface area contributed by atoms with Crippen LogP contribution in [0, 0.1) is 5.92 Å². The molecule has 1 saturated heterocycles. The van der Waals surface area contributed by atoms with Gasteiger partial charge in [-0.3, -0.25) is 4.90 Å². The van der Waals surface area contributed by atoms with Crippen molar-refractivity contribution in [2.45, 2.75) is 25.8 Å². The van der Waals surface area contributed by atoms with Crippen LogP contribution < -0.4 is 9.47 Å². The van der Waals surface area contributed by atoms with Gasteiger partial charge in [0.05, 0.1) is 20.8 Å². The monoisotopic (exact) mass is 448 g/mol. The summed E-state index contributed by atoms with van der Waals surface area (Å²) in [7, 11) is 5.62. The molecule has 1 aliphatic heterocycles. The molecule has 2 aromatic carbocycles. The summed E-state index contributed by atoms with van der Waals surface area (Å²) in [4.78, 5) is 9.68.